The van der Waals surface area contributed by atoms with Crippen LogP contribution in [0.2, 0.25) is 0 Å². The van der Waals surface area contributed by atoms with Gasteiger partial charge in [-0.05, 0) is 31.2 Å². The van der Waals surface area contributed by atoms with Crippen molar-refractivity contribution in [3.63, 3.8) is 0 Å². The predicted molar refractivity (Wildman–Crippen MR) is 78.7 cm³/mol. The molecule has 0 saturated heterocycles. The van der Waals surface area contributed by atoms with Crippen LogP contribution in [0.3, 0.4) is 0 Å². The number of carbonyl (C=O) groups excluding carboxylic acids is 1. The number of thioether (sulfide) groups is 1. The van der Waals surface area contributed by atoms with Crippen LogP contribution in [0, 0.1) is 10.1 Å². The van der Waals surface area contributed by atoms with Crippen molar-refractivity contribution < 1.29 is 9.72 Å². The molecule has 1 saturated carbocycles. The number of hydrogen-bond acceptors (Lipinski definition) is 6. The minimum atomic E-state index is -0.573. The number of nitrogens with zero attached hydrogens (tertiary/aromatic N) is 1. The molecule has 0 unspecified atom stereocenters. The smallest absolute Gasteiger partial charge is 0.282 e. The summed E-state index contributed by atoms with van der Waals surface area (Å²) in [6, 6.07) is 4.11. The molecule has 0 radical (unpaired) electrons. The number of rotatable bonds is 6. The summed E-state index contributed by atoms with van der Waals surface area (Å²) in [7, 11) is 0. The van der Waals surface area contributed by atoms with Crippen molar-refractivity contribution in [1.82, 2.24) is 5.32 Å². The third-order valence-electron chi connectivity index (χ3n) is 3.42. The fourth-order valence-electron chi connectivity index (χ4n) is 1.90. The minimum Gasteiger partial charge on any atom is -0.350 e. The lowest BCUT2D eigenvalue weighted by Gasteiger charge is -2.13. The van der Waals surface area contributed by atoms with Gasteiger partial charge in [-0.15, -0.1) is 0 Å². The molecule has 7 nitrogen and oxygen atoms in total. The van der Waals surface area contributed by atoms with Crippen LogP contribution in [0.1, 0.15) is 23.2 Å². The summed E-state index contributed by atoms with van der Waals surface area (Å²) in [6.45, 7) is 0.518. The maximum absolute atomic E-state index is 12.1. The van der Waals surface area contributed by atoms with Crippen LogP contribution in [0.25, 0.3) is 0 Å². The van der Waals surface area contributed by atoms with E-state index in [-0.39, 0.29) is 16.0 Å². The van der Waals surface area contributed by atoms with Gasteiger partial charge in [-0.2, -0.15) is 11.8 Å². The number of nitrogens with two attached hydrogens (primary N) is 1. The molecule has 1 aliphatic carbocycles. The lowest BCUT2D eigenvalue weighted by Crippen LogP contribution is -2.32. The zero-order valence-corrected chi connectivity index (χ0v) is 11.8. The van der Waals surface area contributed by atoms with Crippen molar-refractivity contribution in [2.24, 2.45) is 5.84 Å². The van der Waals surface area contributed by atoms with Crippen LogP contribution >= 0.6 is 11.8 Å². The molecule has 0 bridgehead atoms. The van der Waals surface area contributed by atoms with Gasteiger partial charge in [0.1, 0.15) is 5.56 Å². The number of benzene rings is 1. The van der Waals surface area contributed by atoms with Gasteiger partial charge in [0.15, 0.2) is 0 Å². The standard InChI is InChI=1S/C12H16N4O3S/c1-20-12(4-5-12)7-14-11(17)9-6-8(15-13)2-3-10(9)16(18)19/h2-3,6,15H,4-5,7,13H2,1H3,(H,14,17). The second-order valence-corrected chi connectivity index (χ2v) is 5.98. The number of hydrogen-bond donors (Lipinski definition) is 3. The summed E-state index contributed by atoms with van der Waals surface area (Å²) in [5, 5.41) is 13.7. The monoisotopic (exact) mass is 296 g/mol. The Morgan fingerprint density at radius 2 is 2.25 bits per heavy atom. The van der Waals surface area contributed by atoms with Crippen LogP contribution in [0.5, 0.6) is 0 Å². The van der Waals surface area contributed by atoms with E-state index in [1.165, 1.54) is 18.2 Å². The van der Waals surface area contributed by atoms with Crippen molar-refractivity contribution in [1.29, 1.82) is 0 Å². The van der Waals surface area contributed by atoms with E-state index in [0.717, 1.165) is 12.8 Å². The fraction of sp³-hybridized carbons (Fsp3) is 0.417. The second-order valence-electron chi connectivity index (χ2n) is 4.70. The second kappa shape index (κ2) is 5.68. The maximum atomic E-state index is 12.1. The van der Waals surface area contributed by atoms with Crippen molar-refractivity contribution >= 4 is 29.0 Å². The molecule has 2 rings (SSSR count). The molecular formula is C12H16N4O3S. The molecule has 8 heteroatoms. The Labute approximate surface area is 120 Å². The number of anilines is 1. The first-order chi connectivity index (χ1) is 9.51. The van der Waals surface area contributed by atoms with Gasteiger partial charge in [0.25, 0.3) is 11.6 Å². The highest BCUT2D eigenvalue weighted by Crippen LogP contribution is 2.46. The van der Waals surface area contributed by atoms with Crippen LogP contribution in [-0.2, 0) is 0 Å². The fourth-order valence-corrected chi connectivity index (χ4v) is 2.62. The van der Waals surface area contributed by atoms with Gasteiger partial charge in [-0.1, -0.05) is 0 Å². The van der Waals surface area contributed by atoms with E-state index in [0.29, 0.717) is 12.2 Å². The van der Waals surface area contributed by atoms with Gasteiger partial charge in [0.2, 0.25) is 0 Å². The molecule has 4 N–H and O–H groups in total. The first-order valence-corrected chi connectivity index (χ1v) is 7.32. The Morgan fingerprint density at radius 3 is 2.75 bits per heavy atom. The molecule has 1 amide bonds. The van der Waals surface area contributed by atoms with Gasteiger partial charge >= 0.3 is 0 Å². The zero-order chi connectivity index (χ0) is 14.8. The third kappa shape index (κ3) is 3.02. The van der Waals surface area contributed by atoms with Gasteiger partial charge < -0.3 is 10.7 Å². The number of amides is 1. The first kappa shape index (κ1) is 14.6. The summed E-state index contributed by atoms with van der Waals surface area (Å²) in [6.07, 6.45) is 4.11. The number of nitrogen functional groups attached to an aromatic ring is 1. The van der Waals surface area contributed by atoms with Crippen molar-refractivity contribution in [3.8, 4) is 0 Å². The lowest BCUT2D eigenvalue weighted by atomic mass is 10.1. The van der Waals surface area contributed by atoms with E-state index < -0.39 is 10.8 Å². The Kier molecular flexibility index (Phi) is 4.15. The van der Waals surface area contributed by atoms with E-state index in [1.807, 2.05) is 6.26 Å². The molecular weight excluding hydrogens is 280 g/mol. The van der Waals surface area contributed by atoms with Crippen LogP contribution in [-0.4, -0.2) is 28.4 Å². The molecule has 1 aromatic rings. The number of nitrogens with one attached hydrogen (secondary N) is 2. The van der Waals surface area contributed by atoms with Crippen LogP contribution in [0.4, 0.5) is 11.4 Å². The molecule has 0 aromatic heterocycles. The quantitative estimate of drug-likeness (QED) is 0.417. The summed E-state index contributed by atoms with van der Waals surface area (Å²) in [5.41, 5.74) is 2.62. The molecule has 0 aliphatic heterocycles. The maximum Gasteiger partial charge on any atom is 0.282 e. The molecule has 1 aromatic carbocycles. The average molecular weight is 296 g/mol. The Balaban J connectivity index is 2.16. The molecule has 1 aliphatic rings. The Hall–Kier alpha value is -1.80. The molecule has 108 valence electrons. The molecule has 0 heterocycles. The molecule has 0 atom stereocenters. The lowest BCUT2D eigenvalue weighted by molar-refractivity contribution is -0.385. The number of carbonyl (C=O) groups is 1. The van der Waals surface area contributed by atoms with Gasteiger partial charge in [0, 0.05) is 23.0 Å². The molecule has 0 spiro atoms. The largest absolute Gasteiger partial charge is 0.350 e. The molecule has 20 heavy (non-hydrogen) atoms. The van der Waals surface area contributed by atoms with E-state index >= 15 is 0 Å². The number of nitro benzene ring substituents is 1. The number of nitro groups is 1. The summed E-state index contributed by atoms with van der Waals surface area (Å²) in [4.78, 5) is 22.5. The summed E-state index contributed by atoms with van der Waals surface area (Å²) < 4.78 is 0.105. The summed E-state index contributed by atoms with van der Waals surface area (Å²) >= 11 is 1.71. The van der Waals surface area contributed by atoms with E-state index in [2.05, 4.69) is 10.7 Å². The zero-order valence-electron chi connectivity index (χ0n) is 11.0. The number of hydrazine groups is 1. The normalized spacial score (nSPS) is 15.5. The highest BCUT2D eigenvalue weighted by Gasteiger charge is 2.42. The highest BCUT2D eigenvalue weighted by molar-refractivity contribution is 8.00. The van der Waals surface area contributed by atoms with Crippen molar-refractivity contribution in [2.45, 2.75) is 17.6 Å². The van der Waals surface area contributed by atoms with Gasteiger partial charge in [-0.25, -0.2) is 0 Å². The average Bonchev–Trinajstić information content (AvgIpc) is 3.24. The SMILES string of the molecule is CSC1(CNC(=O)c2cc(NN)ccc2[N+](=O)[O-])CC1. The van der Waals surface area contributed by atoms with Crippen LogP contribution < -0.4 is 16.6 Å². The third-order valence-corrected chi connectivity index (χ3v) is 4.83. The molecule has 1 fully saturated rings. The van der Waals surface area contributed by atoms with Crippen LogP contribution in [0.15, 0.2) is 18.2 Å². The van der Waals surface area contributed by atoms with Crippen molar-refractivity contribution in [3.05, 3.63) is 33.9 Å². The Bertz CT molecular complexity index is 546. The summed E-state index contributed by atoms with van der Waals surface area (Å²) in [5.74, 6) is 4.82. The minimum absolute atomic E-state index is 0.0161. The van der Waals surface area contributed by atoms with Crippen molar-refractivity contribution in [2.75, 3.05) is 18.2 Å². The van der Waals surface area contributed by atoms with Gasteiger partial charge in [0.05, 0.1) is 4.92 Å². The van der Waals surface area contributed by atoms with E-state index in [4.69, 9.17) is 5.84 Å². The first-order valence-electron chi connectivity index (χ1n) is 6.10. The Morgan fingerprint density at radius 1 is 1.55 bits per heavy atom. The van der Waals surface area contributed by atoms with E-state index in [9.17, 15) is 14.9 Å². The highest BCUT2D eigenvalue weighted by atomic mass is 32.2. The van der Waals surface area contributed by atoms with Gasteiger partial charge in [-0.3, -0.25) is 20.8 Å². The topological polar surface area (TPSA) is 110 Å². The predicted octanol–water partition coefficient (Wildman–Crippen LogP) is 1.51. The van der Waals surface area contributed by atoms with E-state index in [1.54, 1.807) is 11.8 Å².